The third kappa shape index (κ3) is 4.56. The highest BCUT2D eigenvalue weighted by atomic mass is 35.5. The van der Waals surface area contributed by atoms with Crippen LogP contribution in [-0.4, -0.2) is 56.6 Å². The Balaban J connectivity index is 1.27. The lowest BCUT2D eigenvalue weighted by atomic mass is 9.51. The Morgan fingerprint density at radius 1 is 1.13 bits per heavy atom. The van der Waals surface area contributed by atoms with Crippen LogP contribution >= 0.6 is 22.9 Å². The lowest BCUT2D eigenvalue weighted by molar-refractivity contribution is -0.138. The Morgan fingerprint density at radius 3 is 2.63 bits per heavy atom. The fraction of sp³-hybridized carbons (Fsp3) is 0.333. The number of nitrogens with zero attached hydrogens (tertiary/aromatic N) is 4. The first-order valence-electron chi connectivity index (χ1n) is 17.0. The molecule has 4 aliphatic rings. The summed E-state index contributed by atoms with van der Waals surface area (Å²) < 4.78 is 7.33. The van der Waals surface area contributed by atoms with E-state index in [9.17, 15) is 24.3 Å². The molecule has 0 bridgehead atoms. The molecule has 8 rings (SSSR count). The van der Waals surface area contributed by atoms with E-state index in [4.69, 9.17) is 21.4 Å². The molecule has 2 aromatic heterocycles. The molecule has 2 saturated heterocycles. The molecule has 5 amide bonds. The minimum absolute atomic E-state index is 0.0251. The van der Waals surface area contributed by atoms with Crippen LogP contribution in [0.1, 0.15) is 42.4 Å². The van der Waals surface area contributed by atoms with Crippen molar-refractivity contribution < 1.29 is 33.8 Å². The number of aromatic hydroxyl groups is 1. The molecule has 52 heavy (non-hydrogen) atoms. The smallest absolute Gasteiger partial charge is 0.423 e. The predicted octanol–water partition coefficient (Wildman–Crippen LogP) is 6.69. The van der Waals surface area contributed by atoms with Crippen molar-refractivity contribution in [3.63, 3.8) is 0 Å². The van der Waals surface area contributed by atoms with E-state index in [0.717, 1.165) is 27.6 Å². The van der Waals surface area contributed by atoms with E-state index in [-0.39, 0.29) is 24.4 Å². The van der Waals surface area contributed by atoms with Crippen molar-refractivity contribution in [2.24, 2.45) is 36.1 Å². The summed E-state index contributed by atoms with van der Waals surface area (Å²) in [5.74, 6) is -6.18. The first-order chi connectivity index (χ1) is 24.8. The number of aromatic nitrogens is 2. The van der Waals surface area contributed by atoms with Gasteiger partial charge in [0.2, 0.25) is 23.6 Å². The van der Waals surface area contributed by atoms with Crippen molar-refractivity contribution in [2.45, 2.75) is 39.0 Å². The molecule has 266 valence electrons. The van der Waals surface area contributed by atoms with Crippen molar-refractivity contribution in [1.82, 2.24) is 14.7 Å². The molecule has 2 aliphatic carbocycles. The summed E-state index contributed by atoms with van der Waals surface area (Å²) in [7, 11) is 2.79. The van der Waals surface area contributed by atoms with E-state index in [2.05, 4.69) is 6.58 Å². The van der Waals surface area contributed by atoms with Gasteiger partial charge < -0.3 is 9.84 Å². The van der Waals surface area contributed by atoms with E-state index in [1.807, 2.05) is 31.2 Å². The molecule has 6 unspecified atom stereocenters. The largest absolute Gasteiger partial charge is 0.507 e. The molecule has 4 aromatic rings. The van der Waals surface area contributed by atoms with Crippen LogP contribution in [0.25, 0.3) is 20.7 Å². The number of halogens is 1. The molecule has 2 aliphatic heterocycles. The number of thiophene rings is 1. The Labute approximate surface area is 308 Å². The van der Waals surface area contributed by atoms with E-state index in [0.29, 0.717) is 38.7 Å². The number of aryl methyl sites for hydroxylation is 2. The van der Waals surface area contributed by atoms with Gasteiger partial charge in [-0.25, -0.2) is 9.69 Å². The molecule has 1 saturated carbocycles. The quantitative estimate of drug-likeness (QED) is 0.177. The van der Waals surface area contributed by atoms with Gasteiger partial charge in [-0.1, -0.05) is 47.5 Å². The van der Waals surface area contributed by atoms with Gasteiger partial charge in [0.1, 0.15) is 17.3 Å². The van der Waals surface area contributed by atoms with Crippen molar-refractivity contribution in [3.8, 4) is 16.3 Å². The number of imide groups is 4. The zero-order valence-corrected chi connectivity index (χ0v) is 30.5. The van der Waals surface area contributed by atoms with Gasteiger partial charge >= 0.3 is 6.09 Å². The van der Waals surface area contributed by atoms with Gasteiger partial charge in [-0.3, -0.25) is 23.9 Å². The fourth-order valence-corrected chi connectivity index (χ4v) is 10.5. The van der Waals surface area contributed by atoms with E-state index in [1.165, 1.54) is 9.58 Å². The third-order valence-electron chi connectivity index (χ3n) is 11.7. The SMILES string of the molecule is C=CCc1cccc(C2C3=CCC4C(=O)N(C(=O)OC)C(=O)C4C3CC3C(=O)N(c4cc(-c5sc6ccc(Cl)cc6c5C)nn4C)C(=O)C32C)c1O. The van der Waals surface area contributed by atoms with Crippen molar-refractivity contribution in [2.75, 3.05) is 12.0 Å². The van der Waals surface area contributed by atoms with Crippen molar-refractivity contribution in [1.29, 1.82) is 0 Å². The van der Waals surface area contributed by atoms with Gasteiger partial charge in [-0.05, 0) is 73.7 Å². The number of hydrogen-bond donors (Lipinski definition) is 1. The number of carbonyl (C=O) groups is 5. The Bertz CT molecular complexity index is 2330. The van der Waals surface area contributed by atoms with Crippen LogP contribution in [0.5, 0.6) is 5.75 Å². The number of fused-ring (bicyclic) bond motifs is 5. The second kappa shape index (κ2) is 12.0. The van der Waals surface area contributed by atoms with Gasteiger partial charge in [0.25, 0.3) is 0 Å². The first-order valence-corrected chi connectivity index (χ1v) is 18.2. The number of hydrogen-bond acceptors (Lipinski definition) is 9. The van der Waals surface area contributed by atoms with Crippen LogP contribution in [0.15, 0.2) is 66.8 Å². The average molecular weight is 739 g/mol. The van der Waals surface area contributed by atoms with E-state index in [1.54, 1.807) is 55.6 Å². The summed E-state index contributed by atoms with van der Waals surface area (Å²) >= 11 is 7.84. The Morgan fingerprint density at radius 2 is 1.90 bits per heavy atom. The number of ether oxygens (including phenoxy) is 1. The summed E-state index contributed by atoms with van der Waals surface area (Å²) in [6, 6.07) is 12.7. The maximum atomic E-state index is 15.1. The van der Waals surface area contributed by atoms with E-state index >= 15 is 4.79 Å². The lowest BCUT2D eigenvalue weighted by Gasteiger charge is -2.49. The number of phenolic OH excluding ortho intramolecular Hbond substituents is 1. The maximum Gasteiger partial charge on any atom is 0.423 e. The summed E-state index contributed by atoms with van der Waals surface area (Å²) in [5, 5.41) is 18.1. The molecule has 2 aromatic carbocycles. The molecular formula is C39H35ClN4O7S. The minimum Gasteiger partial charge on any atom is -0.507 e. The molecule has 6 atom stereocenters. The van der Waals surface area contributed by atoms with Crippen LogP contribution in [0.3, 0.4) is 0 Å². The van der Waals surface area contributed by atoms with Gasteiger partial charge in [0.15, 0.2) is 0 Å². The highest BCUT2D eigenvalue weighted by molar-refractivity contribution is 7.22. The second-order valence-electron chi connectivity index (χ2n) is 14.2. The van der Waals surface area contributed by atoms with Crippen molar-refractivity contribution in [3.05, 3.63) is 88.5 Å². The zero-order chi connectivity index (χ0) is 37.0. The summed E-state index contributed by atoms with van der Waals surface area (Å²) in [6.07, 6.45) is 3.07. The number of allylic oxidation sites excluding steroid dienone is 3. The lowest BCUT2D eigenvalue weighted by Crippen LogP contribution is -2.49. The van der Waals surface area contributed by atoms with Crippen LogP contribution in [-0.2, 0) is 37.4 Å². The highest BCUT2D eigenvalue weighted by Gasteiger charge is 2.68. The number of anilines is 1. The van der Waals surface area contributed by atoms with Gasteiger partial charge in [0.05, 0.1) is 35.2 Å². The average Bonchev–Trinajstić information content (AvgIpc) is 3.79. The minimum atomic E-state index is -1.39. The van der Waals surface area contributed by atoms with Crippen LogP contribution in [0.4, 0.5) is 10.6 Å². The topological polar surface area (TPSA) is 139 Å². The summed E-state index contributed by atoms with van der Waals surface area (Å²) in [4.78, 5) is 72.4. The second-order valence-corrected chi connectivity index (χ2v) is 15.7. The normalized spacial score (nSPS) is 26.8. The number of phenols is 1. The van der Waals surface area contributed by atoms with Crippen LogP contribution in [0, 0.1) is 36.0 Å². The van der Waals surface area contributed by atoms with Gasteiger partial charge in [0, 0.05) is 34.3 Å². The van der Waals surface area contributed by atoms with Crippen LogP contribution in [0.2, 0.25) is 5.02 Å². The molecule has 13 heteroatoms. The standard InChI is InChI=1S/C39H35ClN4O7S/c1-6-8-19-9-7-10-23(32(19)45)31-21-12-13-22-30(36(48)44(34(22)46)38(50)51-5)25(21)16-26-35(47)43(37(49)39(26,31)3)29-17-27(41-42(29)4)33-18(2)24-15-20(40)11-14-28(24)52-33/h6-7,9-12,14-15,17,22,25-26,30-31,45H,1,8,13,16H2,2-5H3. The monoisotopic (exact) mass is 738 g/mol. The number of amides is 5. The number of carbonyl (C=O) groups excluding carboxylic acids is 5. The molecule has 0 radical (unpaired) electrons. The summed E-state index contributed by atoms with van der Waals surface area (Å²) in [6.45, 7) is 7.56. The number of para-hydroxylation sites is 1. The number of methoxy groups -OCH3 is 1. The predicted molar refractivity (Wildman–Crippen MR) is 195 cm³/mol. The molecule has 3 fully saturated rings. The maximum absolute atomic E-state index is 15.1. The molecule has 4 heterocycles. The third-order valence-corrected chi connectivity index (χ3v) is 13.2. The Hall–Kier alpha value is -5.07. The molecule has 11 nitrogen and oxygen atoms in total. The molecule has 0 spiro atoms. The zero-order valence-electron chi connectivity index (χ0n) is 28.9. The molecule has 1 N–H and O–H groups in total. The van der Waals surface area contributed by atoms with E-state index < -0.39 is 64.7 Å². The first kappa shape index (κ1) is 34.0. The van der Waals surface area contributed by atoms with Gasteiger partial charge in [-0.15, -0.1) is 17.9 Å². The number of likely N-dealkylation sites (tertiary alicyclic amines) is 1. The number of rotatable bonds is 5. The number of benzene rings is 2. The molecular weight excluding hydrogens is 704 g/mol. The Kier molecular flexibility index (Phi) is 7.85. The van der Waals surface area contributed by atoms with Crippen molar-refractivity contribution >= 4 is 68.6 Å². The highest BCUT2D eigenvalue weighted by Crippen LogP contribution is 2.64. The van der Waals surface area contributed by atoms with Gasteiger partial charge in [-0.2, -0.15) is 10.00 Å². The fourth-order valence-electron chi connectivity index (χ4n) is 9.23. The van der Waals surface area contributed by atoms with Crippen LogP contribution < -0.4 is 4.90 Å². The summed E-state index contributed by atoms with van der Waals surface area (Å²) in [5.41, 5.74) is 1.90.